The van der Waals surface area contributed by atoms with Crippen molar-refractivity contribution in [1.82, 2.24) is 10.2 Å². The molecule has 5 nitrogen and oxygen atoms in total. The van der Waals surface area contributed by atoms with Crippen LogP contribution in [0, 0.1) is 46.3 Å². The standard InChI is InChI=1S/C18H24N4O/c19-8-15-1-2-16(9-20)22(15)17(23)10-21-18-13-4-11-3-12(6-13)7-14(18)5-11/h11-16,18,21H,1-7,10H2/t11?,12?,13?,14?,15-,16+,18?. The fourth-order valence-electron chi connectivity index (χ4n) is 5.97. The Bertz CT molecular complexity index is 525. The minimum absolute atomic E-state index is 0.0746. The van der Waals surface area contributed by atoms with E-state index in [4.69, 9.17) is 0 Å². The van der Waals surface area contributed by atoms with Crippen LogP contribution in [0.3, 0.4) is 0 Å². The van der Waals surface area contributed by atoms with Gasteiger partial charge in [-0.15, -0.1) is 0 Å². The van der Waals surface area contributed by atoms with Gasteiger partial charge in [0.05, 0.1) is 18.7 Å². The minimum atomic E-state index is -0.424. The molecule has 1 aliphatic heterocycles. The number of hydrogen-bond donors (Lipinski definition) is 1. The Labute approximate surface area is 137 Å². The number of carbonyl (C=O) groups is 1. The van der Waals surface area contributed by atoms with Crippen molar-refractivity contribution in [1.29, 1.82) is 10.5 Å². The van der Waals surface area contributed by atoms with Crippen molar-refractivity contribution >= 4 is 5.91 Å². The fraction of sp³-hybridized carbons (Fsp3) is 0.833. The van der Waals surface area contributed by atoms with E-state index in [1.165, 1.54) is 37.0 Å². The van der Waals surface area contributed by atoms with Crippen LogP contribution in [0.5, 0.6) is 0 Å². The molecule has 0 spiro atoms. The van der Waals surface area contributed by atoms with Gasteiger partial charge >= 0.3 is 0 Å². The van der Waals surface area contributed by atoms with Crippen LogP contribution in [0.4, 0.5) is 0 Å². The molecule has 1 amide bonds. The van der Waals surface area contributed by atoms with E-state index in [9.17, 15) is 15.3 Å². The van der Waals surface area contributed by atoms with E-state index in [1.54, 1.807) is 0 Å². The smallest absolute Gasteiger partial charge is 0.238 e. The van der Waals surface area contributed by atoms with Crippen molar-refractivity contribution in [3.05, 3.63) is 0 Å². The van der Waals surface area contributed by atoms with Crippen molar-refractivity contribution < 1.29 is 4.79 Å². The summed E-state index contributed by atoms with van der Waals surface area (Å²) in [5.74, 6) is 3.24. The van der Waals surface area contributed by atoms with Crippen LogP contribution in [-0.2, 0) is 4.79 Å². The first kappa shape index (κ1) is 15.0. The van der Waals surface area contributed by atoms with Gasteiger partial charge in [0, 0.05) is 6.04 Å². The van der Waals surface area contributed by atoms with Gasteiger partial charge in [-0.2, -0.15) is 10.5 Å². The number of likely N-dealkylation sites (tertiary alicyclic amines) is 1. The lowest BCUT2D eigenvalue weighted by molar-refractivity contribution is -0.132. The predicted octanol–water partition coefficient (Wildman–Crippen LogP) is 1.81. The summed E-state index contributed by atoms with van der Waals surface area (Å²) in [4.78, 5) is 14.1. The zero-order valence-corrected chi connectivity index (χ0v) is 13.4. The van der Waals surface area contributed by atoms with Crippen molar-refractivity contribution in [2.45, 2.75) is 63.1 Å². The van der Waals surface area contributed by atoms with Crippen LogP contribution in [0.15, 0.2) is 0 Å². The molecule has 122 valence electrons. The Kier molecular flexibility index (Phi) is 3.77. The predicted molar refractivity (Wildman–Crippen MR) is 83.7 cm³/mol. The molecule has 23 heavy (non-hydrogen) atoms. The van der Waals surface area contributed by atoms with Gasteiger partial charge < -0.3 is 10.2 Å². The van der Waals surface area contributed by atoms with Crippen molar-refractivity contribution in [3.8, 4) is 12.1 Å². The summed E-state index contributed by atoms with van der Waals surface area (Å²) in [5.41, 5.74) is 0. The first-order valence-corrected chi connectivity index (χ1v) is 9.03. The van der Waals surface area contributed by atoms with E-state index < -0.39 is 12.1 Å². The number of nitrogens with zero attached hydrogens (tertiary/aromatic N) is 3. The molecule has 4 saturated carbocycles. The highest BCUT2D eigenvalue weighted by molar-refractivity contribution is 5.80. The second kappa shape index (κ2) is 5.80. The number of amides is 1. The molecule has 0 aromatic carbocycles. The molecule has 0 aromatic heterocycles. The lowest BCUT2D eigenvalue weighted by Crippen LogP contribution is -2.56. The molecule has 5 rings (SSSR count). The topological polar surface area (TPSA) is 79.9 Å². The molecule has 0 unspecified atom stereocenters. The number of hydrogen-bond acceptors (Lipinski definition) is 4. The van der Waals surface area contributed by atoms with Gasteiger partial charge in [-0.1, -0.05) is 0 Å². The number of rotatable bonds is 3. The molecular weight excluding hydrogens is 288 g/mol. The van der Waals surface area contributed by atoms with Crippen LogP contribution in [0.25, 0.3) is 0 Å². The third-order valence-electron chi connectivity index (χ3n) is 6.69. The van der Waals surface area contributed by atoms with Gasteiger partial charge in [-0.05, 0) is 68.6 Å². The van der Waals surface area contributed by atoms with Gasteiger partial charge in [0.1, 0.15) is 12.1 Å². The summed E-state index contributed by atoms with van der Waals surface area (Å²) < 4.78 is 0. The minimum Gasteiger partial charge on any atom is -0.310 e. The summed E-state index contributed by atoms with van der Waals surface area (Å²) in [6.07, 6.45) is 7.97. The third kappa shape index (κ3) is 2.52. The molecule has 0 radical (unpaired) electrons. The van der Waals surface area contributed by atoms with Crippen LogP contribution >= 0.6 is 0 Å². The molecule has 4 aliphatic carbocycles. The normalized spacial score (nSPS) is 44.1. The highest BCUT2D eigenvalue weighted by atomic mass is 16.2. The maximum Gasteiger partial charge on any atom is 0.238 e. The van der Waals surface area contributed by atoms with E-state index in [1.807, 2.05) is 0 Å². The maximum atomic E-state index is 12.6. The van der Waals surface area contributed by atoms with Gasteiger partial charge in [-0.3, -0.25) is 4.79 Å². The van der Waals surface area contributed by atoms with Crippen molar-refractivity contribution in [3.63, 3.8) is 0 Å². The first-order chi connectivity index (χ1) is 11.2. The highest BCUT2D eigenvalue weighted by Gasteiger charge is 2.48. The van der Waals surface area contributed by atoms with Crippen LogP contribution < -0.4 is 5.32 Å². The molecule has 5 aliphatic rings. The van der Waals surface area contributed by atoms with Crippen LogP contribution in [0.2, 0.25) is 0 Å². The quantitative estimate of drug-likeness (QED) is 0.862. The average molecular weight is 312 g/mol. The fourth-order valence-corrected chi connectivity index (χ4v) is 5.97. The number of nitriles is 2. The zero-order chi connectivity index (χ0) is 16.0. The van der Waals surface area contributed by atoms with Gasteiger partial charge in [0.15, 0.2) is 0 Å². The maximum absolute atomic E-state index is 12.6. The van der Waals surface area contributed by atoms with E-state index in [-0.39, 0.29) is 12.5 Å². The third-order valence-corrected chi connectivity index (χ3v) is 6.69. The lowest BCUT2D eigenvalue weighted by atomic mass is 9.54. The first-order valence-electron chi connectivity index (χ1n) is 9.03. The monoisotopic (exact) mass is 312 g/mol. The van der Waals surface area contributed by atoms with Crippen LogP contribution in [0.1, 0.15) is 44.9 Å². The molecule has 1 heterocycles. The molecule has 5 heteroatoms. The second-order valence-electron chi connectivity index (χ2n) is 8.01. The van der Waals surface area contributed by atoms with E-state index >= 15 is 0 Å². The zero-order valence-electron chi connectivity index (χ0n) is 13.4. The van der Waals surface area contributed by atoms with Gasteiger partial charge in [0.2, 0.25) is 5.91 Å². The lowest BCUT2D eigenvalue weighted by Gasteiger charge is -2.54. The molecular formula is C18H24N4O. The average Bonchev–Trinajstić information content (AvgIpc) is 2.96. The Morgan fingerprint density at radius 2 is 1.48 bits per heavy atom. The van der Waals surface area contributed by atoms with E-state index in [0.717, 1.165) is 23.7 Å². The summed E-state index contributed by atoms with van der Waals surface area (Å²) in [6.45, 7) is 0.281. The summed E-state index contributed by atoms with van der Waals surface area (Å²) >= 11 is 0. The van der Waals surface area contributed by atoms with E-state index in [0.29, 0.717) is 18.9 Å². The Balaban J connectivity index is 1.38. The molecule has 0 aromatic rings. The molecule has 4 bridgehead atoms. The van der Waals surface area contributed by atoms with Crippen LogP contribution in [-0.4, -0.2) is 35.5 Å². The van der Waals surface area contributed by atoms with Gasteiger partial charge in [0.25, 0.3) is 0 Å². The Morgan fingerprint density at radius 1 is 0.957 bits per heavy atom. The summed E-state index contributed by atoms with van der Waals surface area (Å²) in [5, 5.41) is 21.9. The molecule has 1 N–H and O–H groups in total. The Hall–Kier alpha value is -1.59. The van der Waals surface area contributed by atoms with Crippen molar-refractivity contribution in [2.75, 3.05) is 6.54 Å². The van der Waals surface area contributed by atoms with Gasteiger partial charge in [-0.25, -0.2) is 0 Å². The van der Waals surface area contributed by atoms with Crippen molar-refractivity contribution in [2.24, 2.45) is 23.7 Å². The van der Waals surface area contributed by atoms with E-state index in [2.05, 4.69) is 17.5 Å². The second-order valence-corrected chi connectivity index (χ2v) is 8.01. The molecule has 5 fully saturated rings. The largest absolute Gasteiger partial charge is 0.310 e. The molecule has 1 saturated heterocycles. The summed E-state index contributed by atoms with van der Waals surface area (Å²) in [6, 6.07) is 3.97. The highest BCUT2D eigenvalue weighted by Crippen LogP contribution is 2.53. The SMILES string of the molecule is N#C[C@@H]1CC[C@H](C#N)N1C(=O)CNC1C2CC3CC(C2)CC1C3. The number of carbonyl (C=O) groups excluding carboxylic acids is 1. The number of nitrogens with one attached hydrogen (secondary N) is 1. The summed E-state index contributed by atoms with van der Waals surface area (Å²) in [7, 11) is 0. The Morgan fingerprint density at radius 3 is 1.96 bits per heavy atom. The molecule has 2 atom stereocenters.